The van der Waals surface area contributed by atoms with Crippen molar-refractivity contribution in [2.24, 2.45) is 0 Å². The first-order chi connectivity index (χ1) is 12.2. The summed E-state index contributed by atoms with van der Waals surface area (Å²) in [6, 6.07) is 3.68. The first-order valence-corrected chi connectivity index (χ1v) is 8.60. The van der Waals surface area contributed by atoms with E-state index in [2.05, 4.69) is 15.7 Å². The van der Waals surface area contributed by atoms with Gasteiger partial charge in [0.25, 0.3) is 5.91 Å². The van der Waals surface area contributed by atoms with E-state index < -0.39 is 0 Å². The van der Waals surface area contributed by atoms with Crippen LogP contribution in [0.5, 0.6) is 0 Å². The van der Waals surface area contributed by atoms with Crippen LogP contribution in [0, 0.1) is 0 Å². The van der Waals surface area contributed by atoms with Gasteiger partial charge in [-0.05, 0) is 31.3 Å². The summed E-state index contributed by atoms with van der Waals surface area (Å²) in [7, 11) is 0. The number of furan rings is 1. The Morgan fingerprint density at radius 2 is 2.20 bits per heavy atom. The molecular formula is C16H21N5O3S. The number of aryl methyl sites for hydroxylation is 1. The lowest BCUT2D eigenvalue weighted by Gasteiger charge is -2.27. The number of amides is 1. The normalized spacial score (nSPS) is 14.4. The van der Waals surface area contributed by atoms with E-state index in [4.69, 9.17) is 21.4 Å². The maximum absolute atomic E-state index is 12.9. The molecule has 1 fully saturated rings. The van der Waals surface area contributed by atoms with Crippen LogP contribution < -0.4 is 10.6 Å². The summed E-state index contributed by atoms with van der Waals surface area (Å²) in [5, 5.41) is 10.8. The second-order valence-corrected chi connectivity index (χ2v) is 5.92. The highest BCUT2D eigenvalue weighted by atomic mass is 32.1. The highest BCUT2D eigenvalue weighted by molar-refractivity contribution is 7.80. The first kappa shape index (κ1) is 17.4. The Morgan fingerprint density at radius 1 is 1.40 bits per heavy atom. The van der Waals surface area contributed by atoms with Crippen LogP contribution in [0.15, 0.2) is 29.0 Å². The molecule has 134 valence electrons. The van der Waals surface area contributed by atoms with Crippen molar-refractivity contribution in [1.29, 1.82) is 0 Å². The number of rotatable bonds is 5. The molecule has 9 heteroatoms. The monoisotopic (exact) mass is 363 g/mol. The molecule has 0 aliphatic carbocycles. The summed E-state index contributed by atoms with van der Waals surface area (Å²) in [6.45, 7) is 5.27. The van der Waals surface area contributed by atoms with E-state index in [0.717, 1.165) is 5.76 Å². The zero-order valence-electron chi connectivity index (χ0n) is 14.0. The number of aromatic nitrogens is 2. The van der Waals surface area contributed by atoms with Crippen LogP contribution in [0.1, 0.15) is 23.2 Å². The number of thiocarbonyl (C=S) groups is 1. The second-order valence-electron chi connectivity index (χ2n) is 5.51. The number of morpholine rings is 1. The van der Waals surface area contributed by atoms with Gasteiger partial charge >= 0.3 is 0 Å². The van der Waals surface area contributed by atoms with E-state index in [1.807, 2.05) is 19.1 Å². The fourth-order valence-electron chi connectivity index (χ4n) is 2.61. The summed E-state index contributed by atoms with van der Waals surface area (Å²) in [5.41, 5.74) is 1.10. The van der Waals surface area contributed by atoms with E-state index in [-0.39, 0.29) is 5.91 Å². The summed E-state index contributed by atoms with van der Waals surface area (Å²) in [5.74, 6) is 0.706. The highest BCUT2D eigenvalue weighted by Crippen LogP contribution is 2.18. The molecule has 1 amide bonds. The predicted octanol–water partition coefficient (Wildman–Crippen LogP) is 1.45. The molecule has 3 heterocycles. The van der Waals surface area contributed by atoms with Gasteiger partial charge in [0.05, 0.1) is 37.9 Å². The van der Waals surface area contributed by atoms with Crippen LogP contribution in [-0.4, -0.2) is 52.0 Å². The molecule has 1 saturated heterocycles. The number of nitrogens with zero attached hydrogens (tertiary/aromatic N) is 3. The molecule has 0 radical (unpaired) electrons. The smallest absolute Gasteiger partial charge is 0.274 e. The molecule has 0 spiro atoms. The van der Waals surface area contributed by atoms with Crippen LogP contribution >= 0.6 is 12.2 Å². The average Bonchev–Trinajstić information content (AvgIpc) is 3.29. The molecule has 0 unspecified atom stereocenters. The molecule has 3 rings (SSSR count). The average molecular weight is 363 g/mol. The summed E-state index contributed by atoms with van der Waals surface area (Å²) < 4.78 is 12.2. The van der Waals surface area contributed by atoms with E-state index in [0.29, 0.717) is 55.9 Å². The van der Waals surface area contributed by atoms with E-state index in [9.17, 15) is 4.79 Å². The zero-order valence-corrected chi connectivity index (χ0v) is 14.8. The van der Waals surface area contributed by atoms with E-state index in [1.165, 1.54) is 0 Å². The summed E-state index contributed by atoms with van der Waals surface area (Å²) >= 11 is 5.31. The third-order valence-corrected chi connectivity index (χ3v) is 4.14. The number of hydrogen-bond donors (Lipinski definition) is 2. The third kappa shape index (κ3) is 4.18. The van der Waals surface area contributed by atoms with Gasteiger partial charge in [0.1, 0.15) is 11.5 Å². The molecule has 1 aliphatic rings. The molecule has 0 atom stereocenters. The Labute approximate surface area is 151 Å². The molecule has 0 saturated carbocycles. The van der Waals surface area contributed by atoms with Gasteiger partial charge in [-0.1, -0.05) is 0 Å². The van der Waals surface area contributed by atoms with Gasteiger partial charge < -0.3 is 24.7 Å². The summed E-state index contributed by atoms with van der Waals surface area (Å²) in [6.07, 6.45) is 3.23. The molecule has 2 N–H and O–H groups in total. The van der Waals surface area contributed by atoms with Gasteiger partial charge in [0, 0.05) is 19.6 Å². The molecule has 25 heavy (non-hydrogen) atoms. The summed E-state index contributed by atoms with van der Waals surface area (Å²) in [4.78, 5) is 14.7. The SMILES string of the molecule is CCn1ncc(NC(=S)NCc2ccco2)c1C(=O)N1CCOCC1. The topological polar surface area (TPSA) is 84.6 Å². The molecule has 0 bridgehead atoms. The lowest BCUT2D eigenvalue weighted by atomic mass is 10.3. The molecule has 0 aromatic carbocycles. The number of carbonyl (C=O) groups excluding carboxylic acids is 1. The Bertz CT molecular complexity index is 722. The molecule has 1 aliphatic heterocycles. The standard InChI is InChI=1S/C16H21N5O3S/c1-2-21-14(15(22)20-5-8-23-9-6-20)13(11-18-21)19-16(25)17-10-12-4-3-7-24-12/h3-4,7,11H,2,5-6,8-10H2,1H3,(H2,17,19,25). The van der Waals surface area contributed by atoms with Crippen molar-refractivity contribution >= 4 is 28.9 Å². The Hall–Kier alpha value is -2.39. The number of hydrogen-bond acceptors (Lipinski definition) is 5. The van der Waals surface area contributed by atoms with Crippen molar-refractivity contribution < 1.29 is 13.9 Å². The number of carbonyl (C=O) groups is 1. The maximum Gasteiger partial charge on any atom is 0.274 e. The van der Waals surface area contributed by atoms with Gasteiger partial charge in [-0.3, -0.25) is 9.48 Å². The van der Waals surface area contributed by atoms with Crippen LogP contribution in [-0.2, 0) is 17.8 Å². The minimum atomic E-state index is -0.0704. The molecular weight excluding hydrogens is 342 g/mol. The Morgan fingerprint density at radius 3 is 2.88 bits per heavy atom. The van der Waals surface area contributed by atoms with E-state index in [1.54, 1.807) is 22.0 Å². The van der Waals surface area contributed by atoms with E-state index >= 15 is 0 Å². The minimum Gasteiger partial charge on any atom is -0.467 e. The Balaban J connectivity index is 1.69. The van der Waals surface area contributed by atoms with Gasteiger partial charge in [0.2, 0.25) is 0 Å². The van der Waals surface area contributed by atoms with Crippen LogP contribution in [0.2, 0.25) is 0 Å². The van der Waals surface area contributed by atoms with Gasteiger partial charge in [-0.15, -0.1) is 0 Å². The molecule has 2 aromatic rings. The second kappa shape index (κ2) is 8.13. The van der Waals surface area contributed by atoms with Crippen LogP contribution in [0.3, 0.4) is 0 Å². The first-order valence-electron chi connectivity index (χ1n) is 8.19. The highest BCUT2D eigenvalue weighted by Gasteiger charge is 2.25. The molecule has 8 nitrogen and oxygen atoms in total. The Kier molecular flexibility index (Phi) is 5.67. The maximum atomic E-state index is 12.9. The van der Waals surface area contributed by atoms with Crippen LogP contribution in [0.25, 0.3) is 0 Å². The lowest BCUT2D eigenvalue weighted by Crippen LogP contribution is -2.42. The number of anilines is 1. The fourth-order valence-corrected chi connectivity index (χ4v) is 2.79. The van der Waals surface area contributed by atoms with Crippen molar-refractivity contribution in [2.75, 3.05) is 31.6 Å². The van der Waals surface area contributed by atoms with Gasteiger partial charge in [-0.2, -0.15) is 5.10 Å². The van der Waals surface area contributed by atoms with Crippen molar-refractivity contribution in [3.8, 4) is 0 Å². The fraction of sp³-hybridized carbons (Fsp3) is 0.438. The quantitative estimate of drug-likeness (QED) is 0.778. The largest absolute Gasteiger partial charge is 0.467 e. The van der Waals surface area contributed by atoms with Crippen molar-refractivity contribution in [2.45, 2.75) is 20.0 Å². The minimum absolute atomic E-state index is 0.0704. The van der Waals surface area contributed by atoms with Crippen LogP contribution in [0.4, 0.5) is 5.69 Å². The van der Waals surface area contributed by atoms with Crippen molar-refractivity contribution in [3.63, 3.8) is 0 Å². The predicted molar refractivity (Wildman–Crippen MR) is 96.4 cm³/mol. The zero-order chi connectivity index (χ0) is 17.6. The van der Waals surface area contributed by atoms with Crippen molar-refractivity contribution in [3.05, 3.63) is 36.0 Å². The third-order valence-electron chi connectivity index (χ3n) is 3.89. The van der Waals surface area contributed by atoms with Crippen molar-refractivity contribution in [1.82, 2.24) is 20.0 Å². The van der Waals surface area contributed by atoms with Gasteiger partial charge in [-0.25, -0.2) is 0 Å². The lowest BCUT2D eigenvalue weighted by molar-refractivity contribution is 0.0295. The number of nitrogens with one attached hydrogen (secondary N) is 2. The van der Waals surface area contributed by atoms with Gasteiger partial charge in [0.15, 0.2) is 5.11 Å². The number of ether oxygens (including phenoxy) is 1. The molecule has 2 aromatic heterocycles.